The SMILES string of the molecule is O=C(O)c1cccc(=O)n1CCCOCC(F)(F)F. The third-order valence-electron chi connectivity index (χ3n) is 2.20. The molecule has 1 N–H and O–H groups in total. The van der Waals surface area contributed by atoms with Crippen molar-refractivity contribution >= 4 is 5.97 Å². The Morgan fingerprint density at radius 1 is 1.37 bits per heavy atom. The molecule has 0 amide bonds. The second-order valence-electron chi connectivity index (χ2n) is 3.73. The summed E-state index contributed by atoms with van der Waals surface area (Å²) in [6, 6.07) is 3.74. The zero-order valence-electron chi connectivity index (χ0n) is 9.81. The van der Waals surface area contributed by atoms with Crippen molar-refractivity contribution in [2.75, 3.05) is 13.2 Å². The van der Waals surface area contributed by atoms with Gasteiger partial charge < -0.3 is 14.4 Å². The van der Waals surface area contributed by atoms with E-state index in [2.05, 4.69) is 4.74 Å². The van der Waals surface area contributed by atoms with Crippen molar-refractivity contribution in [1.29, 1.82) is 0 Å². The smallest absolute Gasteiger partial charge is 0.411 e. The van der Waals surface area contributed by atoms with E-state index in [9.17, 15) is 22.8 Å². The quantitative estimate of drug-likeness (QED) is 0.801. The van der Waals surface area contributed by atoms with Crippen molar-refractivity contribution in [3.05, 3.63) is 34.2 Å². The molecule has 0 aromatic carbocycles. The maximum atomic E-state index is 11.8. The molecule has 1 aromatic heterocycles. The summed E-state index contributed by atoms with van der Waals surface area (Å²) in [4.78, 5) is 22.3. The van der Waals surface area contributed by atoms with Crippen LogP contribution in [0.1, 0.15) is 16.9 Å². The average molecular weight is 279 g/mol. The number of carbonyl (C=O) groups is 1. The van der Waals surface area contributed by atoms with Crippen LogP contribution >= 0.6 is 0 Å². The van der Waals surface area contributed by atoms with E-state index >= 15 is 0 Å². The molecular weight excluding hydrogens is 267 g/mol. The second-order valence-corrected chi connectivity index (χ2v) is 3.73. The molecule has 106 valence electrons. The highest BCUT2D eigenvalue weighted by Crippen LogP contribution is 2.14. The van der Waals surface area contributed by atoms with Crippen LogP contribution in [0, 0.1) is 0 Å². The van der Waals surface area contributed by atoms with Crippen LogP contribution in [-0.2, 0) is 11.3 Å². The number of carboxylic acids is 1. The van der Waals surface area contributed by atoms with Gasteiger partial charge in [-0.3, -0.25) is 4.79 Å². The Balaban J connectivity index is 2.54. The fourth-order valence-electron chi connectivity index (χ4n) is 1.45. The Bertz CT molecular complexity index is 495. The maximum absolute atomic E-state index is 11.8. The topological polar surface area (TPSA) is 68.5 Å². The molecule has 0 saturated heterocycles. The normalized spacial score (nSPS) is 11.5. The van der Waals surface area contributed by atoms with Gasteiger partial charge >= 0.3 is 12.1 Å². The molecule has 19 heavy (non-hydrogen) atoms. The first-order valence-corrected chi connectivity index (χ1v) is 5.39. The van der Waals surface area contributed by atoms with Crippen LogP contribution in [-0.4, -0.2) is 35.0 Å². The van der Waals surface area contributed by atoms with Crippen LogP contribution in [0.15, 0.2) is 23.0 Å². The largest absolute Gasteiger partial charge is 0.477 e. The molecule has 1 aromatic rings. The van der Waals surface area contributed by atoms with Crippen LogP contribution in [0.2, 0.25) is 0 Å². The fourth-order valence-corrected chi connectivity index (χ4v) is 1.45. The predicted molar refractivity (Wildman–Crippen MR) is 59.2 cm³/mol. The number of carboxylic acid groups (broad SMARTS) is 1. The van der Waals surface area contributed by atoms with Gasteiger partial charge in [-0.1, -0.05) is 6.07 Å². The number of hydrogen-bond donors (Lipinski definition) is 1. The summed E-state index contributed by atoms with van der Waals surface area (Å²) in [5.74, 6) is -1.27. The molecule has 0 bridgehead atoms. The van der Waals surface area contributed by atoms with Gasteiger partial charge in [-0.15, -0.1) is 0 Å². The first-order valence-electron chi connectivity index (χ1n) is 5.39. The lowest BCUT2D eigenvalue weighted by atomic mass is 10.3. The van der Waals surface area contributed by atoms with Crippen molar-refractivity contribution in [3.8, 4) is 0 Å². The molecule has 0 unspecified atom stereocenters. The second kappa shape index (κ2) is 6.37. The van der Waals surface area contributed by atoms with Gasteiger partial charge in [-0.05, 0) is 12.5 Å². The Morgan fingerprint density at radius 2 is 2.05 bits per heavy atom. The highest BCUT2D eigenvalue weighted by molar-refractivity contribution is 5.85. The number of ether oxygens (including phenoxy) is 1. The van der Waals surface area contributed by atoms with E-state index in [-0.39, 0.29) is 25.3 Å². The Kier molecular flexibility index (Phi) is 5.11. The Hall–Kier alpha value is -1.83. The van der Waals surface area contributed by atoms with E-state index in [0.29, 0.717) is 0 Å². The zero-order chi connectivity index (χ0) is 14.5. The van der Waals surface area contributed by atoms with E-state index < -0.39 is 24.3 Å². The molecule has 0 aliphatic rings. The van der Waals surface area contributed by atoms with Crippen LogP contribution in [0.5, 0.6) is 0 Å². The van der Waals surface area contributed by atoms with Gasteiger partial charge in [0.1, 0.15) is 12.3 Å². The summed E-state index contributed by atoms with van der Waals surface area (Å²) < 4.78 is 40.7. The monoisotopic (exact) mass is 279 g/mol. The van der Waals surface area contributed by atoms with Gasteiger partial charge in [0.15, 0.2) is 0 Å². The average Bonchev–Trinajstić information content (AvgIpc) is 2.28. The third-order valence-corrected chi connectivity index (χ3v) is 2.20. The highest BCUT2D eigenvalue weighted by atomic mass is 19.4. The molecule has 1 heterocycles. The molecular formula is C11H12F3NO4. The summed E-state index contributed by atoms with van der Waals surface area (Å²) in [5.41, 5.74) is -0.723. The van der Waals surface area contributed by atoms with Crippen molar-refractivity contribution in [2.45, 2.75) is 19.1 Å². The van der Waals surface area contributed by atoms with Crippen LogP contribution in [0.4, 0.5) is 13.2 Å². The predicted octanol–water partition coefficient (Wildman–Crippen LogP) is 1.52. The van der Waals surface area contributed by atoms with Crippen LogP contribution in [0.3, 0.4) is 0 Å². The summed E-state index contributed by atoms with van der Waals surface area (Å²) in [5, 5.41) is 8.86. The number of hydrogen-bond acceptors (Lipinski definition) is 3. The minimum absolute atomic E-state index is 0.0147. The molecule has 0 radical (unpaired) electrons. The molecule has 0 aliphatic carbocycles. The molecule has 0 atom stereocenters. The Labute approximate surface area is 106 Å². The minimum Gasteiger partial charge on any atom is -0.477 e. The zero-order valence-corrected chi connectivity index (χ0v) is 9.81. The number of aromatic carboxylic acids is 1. The summed E-state index contributed by atoms with van der Waals surface area (Å²) in [6.45, 7) is -1.58. The summed E-state index contributed by atoms with van der Waals surface area (Å²) in [7, 11) is 0. The standard InChI is InChI=1S/C11H12F3NO4/c12-11(13,14)7-19-6-2-5-15-8(10(17)18)3-1-4-9(15)16/h1,3-4H,2,5-7H2,(H,17,18). The summed E-state index contributed by atoms with van der Waals surface area (Å²) in [6.07, 6.45) is -4.28. The molecule has 0 fully saturated rings. The van der Waals surface area contributed by atoms with Crippen LogP contribution < -0.4 is 5.56 Å². The Morgan fingerprint density at radius 3 is 2.63 bits per heavy atom. The first kappa shape index (κ1) is 15.2. The number of alkyl halides is 3. The lowest BCUT2D eigenvalue weighted by molar-refractivity contribution is -0.174. The third kappa shape index (κ3) is 5.12. The van der Waals surface area contributed by atoms with Crippen LogP contribution in [0.25, 0.3) is 0 Å². The minimum atomic E-state index is -4.39. The van der Waals surface area contributed by atoms with Crippen molar-refractivity contribution in [1.82, 2.24) is 4.57 Å². The molecule has 5 nitrogen and oxygen atoms in total. The number of halogens is 3. The van der Waals surface area contributed by atoms with Gasteiger partial charge in [0.05, 0.1) is 0 Å². The van der Waals surface area contributed by atoms with E-state index in [1.807, 2.05) is 0 Å². The molecule has 0 aliphatic heterocycles. The fraction of sp³-hybridized carbons (Fsp3) is 0.455. The number of pyridine rings is 1. The van der Waals surface area contributed by atoms with Crippen molar-refractivity contribution < 1.29 is 27.8 Å². The molecule has 8 heteroatoms. The van der Waals surface area contributed by atoms with E-state index in [1.54, 1.807) is 0 Å². The van der Waals surface area contributed by atoms with Gasteiger partial charge in [0, 0.05) is 19.2 Å². The van der Waals surface area contributed by atoms with Crippen molar-refractivity contribution in [2.24, 2.45) is 0 Å². The number of rotatable bonds is 6. The highest BCUT2D eigenvalue weighted by Gasteiger charge is 2.27. The van der Waals surface area contributed by atoms with Gasteiger partial charge in [0.2, 0.25) is 0 Å². The lowest BCUT2D eigenvalue weighted by Crippen LogP contribution is -2.26. The maximum Gasteiger partial charge on any atom is 0.411 e. The van der Waals surface area contributed by atoms with Gasteiger partial charge in [-0.25, -0.2) is 4.79 Å². The number of aromatic nitrogens is 1. The number of nitrogens with zero attached hydrogens (tertiary/aromatic N) is 1. The van der Waals surface area contributed by atoms with Gasteiger partial charge in [-0.2, -0.15) is 13.2 Å². The van der Waals surface area contributed by atoms with Gasteiger partial charge in [0.25, 0.3) is 5.56 Å². The first-order chi connectivity index (χ1) is 8.81. The van der Waals surface area contributed by atoms with E-state index in [1.165, 1.54) is 18.2 Å². The molecule has 0 spiro atoms. The lowest BCUT2D eigenvalue weighted by Gasteiger charge is -2.10. The van der Waals surface area contributed by atoms with E-state index in [0.717, 1.165) is 4.57 Å². The molecule has 1 rings (SSSR count). The molecule has 0 saturated carbocycles. The summed E-state index contributed by atoms with van der Waals surface area (Å²) >= 11 is 0. The van der Waals surface area contributed by atoms with E-state index in [4.69, 9.17) is 5.11 Å². The van der Waals surface area contributed by atoms with Crippen molar-refractivity contribution in [3.63, 3.8) is 0 Å².